The van der Waals surface area contributed by atoms with Gasteiger partial charge in [0, 0.05) is 11.0 Å². The number of alkyl halides is 3. The summed E-state index contributed by atoms with van der Waals surface area (Å²) in [4.78, 5) is 25.9. The molecule has 1 heterocycles. The molecular formula is C21H15BrF6N2O5. The molecule has 2 aromatic rings. The van der Waals surface area contributed by atoms with E-state index in [1.54, 1.807) is 0 Å². The molecule has 1 aliphatic rings. The number of hydrogen-bond acceptors (Lipinski definition) is 6. The minimum atomic E-state index is -5.03. The number of amides is 1. The van der Waals surface area contributed by atoms with Crippen LogP contribution >= 0.6 is 15.9 Å². The number of ether oxygens (including phenoxy) is 2. The molecule has 2 N–H and O–H groups in total. The van der Waals surface area contributed by atoms with Gasteiger partial charge in [-0.1, -0.05) is 15.9 Å². The standard InChI is InChI=1S/C21H15BrF6N2O5/c1-34-20(33)11-8-30(2-3-31)19(32)16(11)29-17-12(23)6-10(22)7-15(17)35-18-13(24)4-9(5-14(18)25)21(26,27)28/h4-7,29,31H,2-3,8H2,1H3. The van der Waals surface area contributed by atoms with E-state index in [1.165, 1.54) is 0 Å². The Hall–Kier alpha value is -3.26. The van der Waals surface area contributed by atoms with Gasteiger partial charge in [-0.25, -0.2) is 18.0 Å². The zero-order valence-electron chi connectivity index (χ0n) is 17.6. The maximum atomic E-state index is 14.9. The summed E-state index contributed by atoms with van der Waals surface area (Å²) >= 11 is 2.96. The number of carbonyl (C=O) groups is 2. The predicted molar refractivity (Wildman–Crippen MR) is 112 cm³/mol. The first-order valence-electron chi connectivity index (χ1n) is 9.59. The van der Waals surface area contributed by atoms with Crippen molar-refractivity contribution in [3.8, 4) is 11.5 Å². The lowest BCUT2D eigenvalue weighted by atomic mass is 10.2. The van der Waals surface area contributed by atoms with E-state index in [4.69, 9.17) is 9.84 Å². The molecule has 2 aromatic carbocycles. The summed E-state index contributed by atoms with van der Waals surface area (Å²) in [6.07, 6.45) is -5.03. The van der Waals surface area contributed by atoms with Crippen molar-refractivity contribution >= 4 is 33.5 Å². The molecule has 14 heteroatoms. The lowest BCUT2D eigenvalue weighted by Gasteiger charge is -2.18. The average molecular weight is 569 g/mol. The highest BCUT2D eigenvalue weighted by Gasteiger charge is 2.36. The van der Waals surface area contributed by atoms with Crippen molar-refractivity contribution in [3.63, 3.8) is 0 Å². The molecule has 3 rings (SSSR count). The number of methoxy groups -OCH3 is 1. The number of nitrogens with one attached hydrogen (secondary N) is 1. The van der Waals surface area contributed by atoms with Gasteiger partial charge in [0.1, 0.15) is 11.4 Å². The molecule has 0 aromatic heterocycles. The predicted octanol–water partition coefficient (Wildman–Crippen LogP) is 4.35. The Kier molecular flexibility index (Phi) is 7.65. The fourth-order valence-electron chi connectivity index (χ4n) is 3.16. The van der Waals surface area contributed by atoms with Crippen LogP contribution in [0.4, 0.5) is 32.0 Å². The zero-order chi connectivity index (χ0) is 26.1. The third kappa shape index (κ3) is 5.53. The summed E-state index contributed by atoms with van der Waals surface area (Å²) in [6.45, 7) is -0.898. The molecule has 35 heavy (non-hydrogen) atoms. The van der Waals surface area contributed by atoms with Crippen molar-refractivity contribution in [2.45, 2.75) is 6.18 Å². The van der Waals surface area contributed by atoms with Crippen LogP contribution in [0.15, 0.2) is 40.0 Å². The Balaban J connectivity index is 2.07. The topological polar surface area (TPSA) is 88.1 Å². The number of aliphatic hydroxyl groups is 1. The van der Waals surface area contributed by atoms with Gasteiger partial charge in [-0.3, -0.25) is 4.79 Å². The molecule has 0 aliphatic carbocycles. The number of rotatable bonds is 7. The van der Waals surface area contributed by atoms with Crippen molar-refractivity contribution in [1.82, 2.24) is 4.90 Å². The molecule has 0 bridgehead atoms. The monoisotopic (exact) mass is 568 g/mol. The molecule has 0 atom stereocenters. The van der Waals surface area contributed by atoms with Gasteiger partial charge in [0.15, 0.2) is 29.0 Å². The first kappa shape index (κ1) is 26.3. The van der Waals surface area contributed by atoms with Gasteiger partial charge >= 0.3 is 12.1 Å². The minimum absolute atomic E-state index is 0.00497. The third-order valence-electron chi connectivity index (χ3n) is 4.76. The van der Waals surface area contributed by atoms with Crippen LogP contribution < -0.4 is 10.1 Å². The van der Waals surface area contributed by atoms with Crippen LogP contribution in [0.3, 0.4) is 0 Å². The number of esters is 1. The SMILES string of the molecule is COC(=O)C1=C(Nc2c(F)cc(Br)cc2Oc2c(F)cc(C(F)(F)F)cc2F)C(=O)N(CCO)C1. The van der Waals surface area contributed by atoms with E-state index in [0.717, 1.165) is 24.1 Å². The maximum Gasteiger partial charge on any atom is 0.416 e. The second kappa shape index (κ2) is 10.2. The van der Waals surface area contributed by atoms with Crippen molar-refractivity contribution in [1.29, 1.82) is 0 Å². The number of β-amino-alcohol motifs (C(OH)–C–C–N with tert-alkyl or cyclic N) is 1. The number of hydrogen-bond donors (Lipinski definition) is 2. The molecule has 188 valence electrons. The third-order valence-corrected chi connectivity index (χ3v) is 5.22. The van der Waals surface area contributed by atoms with E-state index in [2.05, 4.69) is 26.0 Å². The van der Waals surface area contributed by atoms with E-state index in [-0.39, 0.29) is 35.3 Å². The zero-order valence-corrected chi connectivity index (χ0v) is 19.2. The highest BCUT2D eigenvalue weighted by molar-refractivity contribution is 9.10. The lowest BCUT2D eigenvalue weighted by Crippen LogP contribution is -2.31. The normalized spacial score (nSPS) is 14.0. The Labute approximate surface area is 202 Å². The Morgan fingerprint density at radius 1 is 1.14 bits per heavy atom. The van der Waals surface area contributed by atoms with E-state index in [1.807, 2.05) is 0 Å². The fraction of sp³-hybridized carbons (Fsp3) is 0.238. The molecule has 7 nitrogen and oxygen atoms in total. The fourth-order valence-corrected chi connectivity index (χ4v) is 3.57. The van der Waals surface area contributed by atoms with Gasteiger partial charge in [0.2, 0.25) is 0 Å². The second-order valence-electron chi connectivity index (χ2n) is 7.05. The number of halogens is 7. The highest BCUT2D eigenvalue weighted by atomic mass is 79.9. The lowest BCUT2D eigenvalue weighted by molar-refractivity contribution is -0.138. The summed E-state index contributed by atoms with van der Waals surface area (Å²) < 4.78 is 91.7. The Bertz CT molecular complexity index is 1190. The van der Waals surface area contributed by atoms with Crippen LogP contribution in [0.1, 0.15) is 5.56 Å². The number of anilines is 1. The first-order valence-corrected chi connectivity index (χ1v) is 10.4. The van der Waals surface area contributed by atoms with Crippen LogP contribution in [0, 0.1) is 17.5 Å². The van der Waals surface area contributed by atoms with Crippen LogP contribution in [-0.4, -0.2) is 48.7 Å². The van der Waals surface area contributed by atoms with Gasteiger partial charge in [-0.15, -0.1) is 0 Å². The quantitative estimate of drug-likeness (QED) is 0.381. The number of nitrogens with zero attached hydrogens (tertiary/aromatic N) is 1. The van der Waals surface area contributed by atoms with E-state index >= 15 is 0 Å². The van der Waals surface area contributed by atoms with Gasteiger partial charge < -0.3 is 24.8 Å². The Morgan fingerprint density at radius 2 is 1.77 bits per heavy atom. The molecule has 1 amide bonds. The van der Waals surface area contributed by atoms with Crippen LogP contribution in [0.5, 0.6) is 11.5 Å². The molecule has 1 aliphatic heterocycles. The number of benzene rings is 2. The largest absolute Gasteiger partial charge is 0.466 e. The van der Waals surface area contributed by atoms with Gasteiger partial charge in [-0.2, -0.15) is 13.2 Å². The first-order chi connectivity index (χ1) is 16.4. The van der Waals surface area contributed by atoms with Crippen molar-refractivity contribution < 1.29 is 50.5 Å². The average Bonchev–Trinajstić information content (AvgIpc) is 3.07. The summed E-state index contributed by atoms with van der Waals surface area (Å²) in [7, 11) is 1.04. The summed E-state index contributed by atoms with van der Waals surface area (Å²) in [5, 5.41) is 11.5. The number of aliphatic hydroxyl groups excluding tert-OH is 1. The molecular weight excluding hydrogens is 554 g/mol. The summed E-state index contributed by atoms with van der Waals surface area (Å²) in [5.41, 5.74) is -2.94. The molecule has 0 saturated carbocycles. The molecule has 0 spiro atoms. The van der Waals surface area contributed by atoms with Crippen molar-refractivity contribution in [3.05, 3.63) is 63.0 Å². The van der Waals surface area contributed by atoms with Crippen LogP contribution in [0.2, 0.25) is 0 Å². The Morgan fingerprint density at radius 3 is 2.31 bits per heavy atom. The van der Waals surface area contributed by atoms with E-state index in [0.29, 0.717) is 0 Å². The van der Waals surface area contributed by atoms with Gasteiger partial charge in [-0.05, 0) is 24.3 Å². The van der Waals surface area contributed by atoms with Gasteiger partial charge in [0.25, 0.3) is 5.91 Å². The van der Waals surface area contributed by atoms with E-state index < -0.39 is 70.6 Å². The number of carbonyl (C=O) groups excluding carboxylic acids is 2. The molecule has 0 fully saturated rings. The van der Waals surface area contributed by atoms with Crippen molar-refractivity contribution in [2.24, 2.45) is 0 Å². The van der Waals surface area contributed by atoms with Crippen molar-refractivity contribution in [2.75, 3.05) is 32.1 Å². The van der Waals surface area contributed by atoms with Gasteiger partial charge in [0.05, 0.1) is 31.4 Å². The maximum absolute atomic E-state index is 14.9. The van der Waals surface area contributed by atoms with E-state index in [9.17, 15) is 35.9 Å². The summed E-state index contributed by atoms with van der Waals surface area (Å²) in [5.74, 6) is -8.19. The van der Waals surface area contributed by atoms with Crippen LogP contribution in [-0.2, 0) is 20.5 Å². The minimum Gasteiger partial charge on any atom is -0.466 e. The molecule has 0 saturated heterocycles. The summed E-state index contributed by atoms with van der Waals surface area (Å²) in [6, 6.07) is 1.94. The molecule has 0 unspecified atom stereocenters. The second-order valence-corrected chi connectivity index (χ2v) is 7.97. The smallest absolute Gasteiger partial charge is 0.416 e. The molecule has 0 radical (unpaired) electrons. The van der Waals surface area contributed by atoms with Crippen LogP contribution in [0.25, 0.3) is 0 Å². The highest BCUT2D eigenvalue weighted by Crippen LogP contribution is 2.40.